The van der Waals surface area contributed by atoms with Crippen LogP contribution in [0.1, 0.15) is 24.4 Å². The van der Waals surface area contributed by atoms with Crippen molar-refractivity contribution in [2.45, 2.75) is 25.4 Å². The standard InChI is InChI=1S/C24H22F2N2/c25-18-8-10-23-21(13-18)22-14-19(26)9-11-24(22)28(23)20-7-4-12-27(16-20)15-17-5-2-1-3-6-17/h1-3,5-6,8-11,13-14,20H,4,7,12,15-16H2. The van der Waals surface area contributed by atoms with E-state index in [0.29, 0.717) is 0 Å². The highest BCUT2D eigenvalue weighted by atomic mass is 19.1. The monoisotopic (exact) mass is 376 g/mol. The van der Waals surface area contributed by atoms with Gasteiger partial charge in [-0.25, -0.2) is 8.78 Å². The van der Waals surface area contributed by atoms with Crippen molar-refractivity contribution < 1.29 is 8.78 Å². The number of hydrogen-bond donors (Lipinski definition) is 0. The van der Waals surface area contributed by atoms with Gasteiger partial charge in [-0.3, -0.25) is 4.90 Å². The molecule has 1 aliphatic heterocycles. The van der Waals surface area contributed by atoms with Crippen molar-refractivity contribution in [1.82, 2.24) is 9.47 Å². The van der Waals surface area contributed by atoms with Gasteiger partial charge in [0.2, 0.25) is 0 Å². The molecular weight excluding hydrogens is 354 g/mol. The van der Waals surface area contributed by atoms with Crippen molar-refractivity contribution in [1.29, 1.82) is 0 Å². The second-order valence-electron chi connectivity index (χ2n) is 7.71. The van der Waals surface area contributed by atoms with Crippen molar-refractivity contribution in [3.63, 3.8) is 0 Å². The summed E-state index contributed by atoms with van der Waals surface area (Å²) in [6.45, 7) is 2.94. The molecule has 28 heavy (non-hydrogen) atoms. The van der Waals surface area contributed by atoms with Crippen LogP contribution in [-0.2, 0) is 6.54 Å². The lowest BCUT2D eigenvalue weighted by Gasteiger charge is -2.34. The Hall–Kier alpha value is -2.72. The highest BCUT2D eigenvalue weighted by Crippen LogP contribution is 2.36. The number of halogens is 2. The molecule has 0 N–H and O–H groups in total. The first-order chi connectivity index (χ1) is 13.7. The second-order valence-corrected chi connectivity index (χ2v) is 7.71. The highest BCUT2D eigenvalue weighted by molar-refractivity contribution is 6.08. The molecule has 0 saturated carbocycles. The van der Waals surface area contributed by atoms with Crippen LogP contribution >= 0.6 is 0 Å². The molecule has 1 atom stereocenters. The van der Waals surface area contributed by atoms with Gasteiger partial charge in [0.25, 0.3) is 0 Å². The van der Waals surface area contributed by atoms with E-state index < -0.39 is 0 Å². The van der Waals surface area contributed by atoms with Gasteiger partial charge in [-0.1, -0.05) is 30.3 Å². The number of hydrogen-bond acceptors (Lipinski definition) is 1. The van der Waals surface area contributed by atoms with E-state index >= 15 is 0 Å². The van der Waals surface area contributed by atoms with Crippen LogP contribution in [0, 0.1) is 11.6 Å². The predicted octanol–water partition coefficient (Wildman–Crippen LogP) is 5.91. The minimum Gasteiger partial charge on any atom is -0.336 e. The first kappa shape index (κ1) is 17.4. The fourth-order valence-electron chi connectivity index (χ4n) is 4.62. The van der Waals surface area contributed by atoms with E-state index in [4.69, 9.17) is 0 Å². The molecule has 3 aromatic carbocycles. The number of piperidine rings is 1. The third-order valence-corrected chi connectivity index (χ3v) is 5.82. The highest BCUT2D eigenvalue weighted by Gasteiger charge is 2.25. The Morgan fingerprint density at radius 2 is 1.46 bits per heavy atom. The summed E-state index contributed by atoms with van der Waals surface area (Å²) in [5.74, 6) is -0.574. The number of benzene rings is 3. The van der Waals surface area contributed by atoms with Crippen LogP contribution in [0.25, 0.3) is 21.8 Å². The quantitative estimate of drug-likeness (QED) is 0.431. The molecule has 4 heteroatoms. The van der Waals surface area contributed by atoms with E-state index in [1.54, 1.807) is 0 Å². The fourth-order valence-corrected chi connectivity index (χ4v) is 4.62. The Balaban J connectivity index is 1.56. The molecule has 1 saturated heterocycles. The smallest absolute Gasteiger partial charge is 0.123 e. The van der Waals surface area contributed by atoms with Gasteiger partial charge in [0, 0.05) is 40.9 Å². The minimum atomic E-state index is -0.287. The lowest BCUT2D eigenvalue weighted by Crippen LogP contribution is -2.36. The zero-order chi connectivity index (χ0) is 19.1. The SMILES string of the molecule is Fc1ccc2c(c1)c1cc(F)ccc1n2C1CCCN(Cc2ccccc2)C1. The van der Waals surface area contributed by atoms with Crippen LogP contribution in [0.15, 0.2) is 66.7 Å². The Labute approximate surface area is 163 Å². The lowest BCUT2D eigenvalue weighted by molar-refractivity contribution is 0.174. The third kappa shape index (κ3) is 3.08. The molecule has 1 fully saturated rings. The van der Waals surface area contributed by atoms with Gasteiger partial charge < -0.3 is 4.57 Å². The van der Waals surface area contributed by atoms with Gasteiger partial charge >= 0.3 is 0 Å². The van der Waals surface area contributed by atoms with E-state index in [9.17, 15) is 8.78 Å². The molecule has 1 aromatic heterocycles. The topological polar surface area (TPSA) is 8.17 Å². The second kappa shape index (κ2) is 7.02. The molecule has 0 aliphatic carbocycles. The first-order valence-corrected chi connectivity index (χ1v) is 9.84. The summed E-state index contributed by atoms with van der Waals surface area (Å²) in [5.41, 5.74) is 3.27. The molecule has 4 aromatic rings. The molecule has 0 radical (unpaired) electrons. The van der Waals surface area contributed by atoms with Gasteiger partial charge in [-0.2, -0.15) is 0 Å². The Bertz CT molecular complexity index is 1070. The minimum absolute atomic E-state index is 0.286. The molecule has 1 unspecified atom stereocenters. The van der Waals surface area contributed by atoms with Crippen molar-refractivity contribution >= 4 is 21.8 Å². The summed E-state index contributed by atoms with van der Waals surface area (Å²) < 4.78 is 30.1. The predicted molar refractivity (Wildman–Crippen MR) is 109 cm³/mol. The average molecular weight is 376 g/mol. The van der Waals surface area contributed by atoms with Crippen LogP contribution in [0.3, 0.4) is 0 Å². The first-order valence-electron chi connectivity index (χ1n) is 9.84. The van der Waals surface area contributed by atoms with Crippen LogP contribution in [0.2, 0.25) is 0 Å². The maximum atomic E-state index is 13.9. The normalized spacial score (nSPS) is 18.1. The lowest BCUT2D eigenvalue weighted by atomic mass is 10.0. The molecule has 142 valence electrons. The Kier molecular flexibility index (Phi) is 4.36. The van der Waals surface area contributed by atoms with Gasteiger partial charge in [-0.15, -0.1) is 0 Å². The largest absolute Gasteiger partial charge is 0.336 e. The Morgan fingerprint density at radius 1 is 0.821 bits per heavy atom. The van der Waals surface area contributed by atoms with Crippen LogP contribution in [0.4, 0.5) is 8.78 Å². The summed E-state index contributed by atoms with van der Waals surface area (Å²) in [6.07, 6.45) is 2.18. The number of likely N-dealkylation sites (tertiary alicyclic amines) is 1. The summed E-state index contributed by atoms with van der Waals surface area (Å²) in [7, 11) is 0. The maximum absolute atomic E-state index is 13.9. The molecule has 2 nitrogen and oxygen atoms in total. The summed E-state index contributed by atoms with van der Waals surface area (Å²) >= 11 is 0. The number of aromatic nitrogens is 1. The fraction of sp³-hybridized carbons (Fsp3) is 0.250. The molecule has 0 spiro atoms. The van der Waals surface area contributed by atoms with Gasteiger partial charge in [0.05, 0.1) is 0 Å². The summed E-state index contributed by atoms with van der Waals surface area (Å²) in [4.78, 5) is 2.48. The summed E-state index contributed by atoms with van der Waals surface area (Å²) in [5, 5.41) is 1.57. The number of fused-ring (bicyclic) bond motifs is 3. The zero-order valence-corrected chi connectivity index (χ0v) is 15.6. The van der Waals surface area contributed by atoms with Gasteiger partial charge in [0.1, 0.15) is 11.6 Å². The van der Waals surface area contributed by atoms with E-state index in [-0.39, 0.29) is 17.7 Å². The average Bonchev–Trinajstić information content (AvgIpc) is 3.02. The van der Waals surface area contributed by atoms with Crippen molar-refractivity contribution in [2.24, 2.45) is 0 Å². The van der Waals surface area contributed by atoms with E-state index in [1.165, 1.54) is 29.8 Å². The molecule has 5 rings (SSSR count). The molecule has 0 bridgehead atoms. The number of rotatable bonds is 3. The Morgan fingerprint density at radius 3 is 2.11 bits per heavy atom. The van der Waals surface area contributed by atoms with Gasteiger partial charge in [-0.05, 0) is 61.3 Å². The van der Waals surface area contributed by atoms with Crippen LogP contribution < -0.4 is 0 Å². The van der Waals surface area contributed by atoms with E-state index in [1.807, 2.05) is 18.2 Å². The molecule has 1 aliphatic rings. The van der Waals surface area contributed by atoms with Gasteiger partial charge in [0.15, 0.2) is 0 Å². The van der Waals surface area contributed by atoms with E-state index in [0.717, 1.165) is 54.3 Å². The van der Waals surface area contributed by atoms with E-state index in [2.05, 4.69) is 33.7 Å². The molecule has 2 heterocycles. The summed E-state index contributed by atoms with van der Waals surface area (Å²) in [6, 6.07) is 20.5. The maximum Gasteiger partial charge on any atom is 0.123 e. The zero-order valence-electron chi connectivity index (χ0n) is 15.6. The molecular formula is C24H22F2N2. The third-order valence-electron chi connectivity index (χ3n) is 5.82. The van der Waals surface area contributed by atoms with Crippen LogP contribution in [0.5, 0.6) is 0 Å². The van der Waals surface area contributed by atoms with Crippen molar-refractivity contribution in [3.8, 4) is 0 Å². The van der Waals surface area contributed by atoms with Crippen molar-refractivity contribution in [2.75, 3.05) is 13.1 Å². The van der Waals surface area contributed by atoms with Crippen molar-refractivity contribution in [3.05, 3.63) is 83.9 Å². The van der Waals surface area contributed by atoms with Crippen LogP contribution in [-0.4, -0.2) is 22.6 Å². The number of nitrogens with zero attached hydrogens (tertiary/aromatic N) is 2. The molecule has 0 amide bonds.